The topological polar surface area (TPSA) is 84.0 Å². The van der Waals surface area contributed by atoms with E-state index in [-0.39, 0.29) is 12.1 Å². The molecule has 1 unspecified atom stereocenters. The van der Waals surface area contributed by atoms with Crippen LogP contribution in [0.4, 0.5) is 21.9 Å². The molecule has 1 aliphatic heterocycles. The predicted molar refractivity (Wildman–Crippen MR) is 154 cm³/mol. The number of ether oxygens (including phenoxy) is 2. The number of hydrogen-bond acceptors (Lipinski definition) is 7. The van der Waals surface area contributed by atoms with Gasteiger partial charge in [0.1, 0.15) is 5.60 Å². The maximum atomic E-state index is 13.3. The van der Waals surface area contributed by atoms with Crippen molar-refractivity contribution in [2.45, 2.75) is 52.2 Å². The number of aryl methyl sites for hydroxylation is 1. The molecule has 1 atom stereocenters. The number of anilines is 3. The number of nitrogens with one attached hydrogen (secondary N) is 1. The summed E-state index contributed by atoms with van der Waals surface area (Å²) in [6.45, 7) is 8.63. The number of methoxy groups -OCH3 is 1. The molecule has 2 aromatic carbocycles. The lowest BCUT2D eigenvalue weighted by Crippen LogP contribution is -2.45. The molecule has 1 aliphatic rings. The lowest BCUT2D eigenvalue weighted by atomic mass is 9.91. The monoisotopic (exact) mass is 530 g/mol. The summed E-state index contributed by atoms with van der Waals surface area (Å²) in [6, 6.07) is 16.3. The Kier molecular flexibility index (Phi) is 8.43. The molecule has 39 heavy (non-hydrogen) atoms. The van der Waals surface area contributed by atoms with Gasteiger partial charge < -0.3 is 19.7 Å². The second kappa shape index (κ2) is 11.8. The Morgan fingerprint density at radius 1 is 1.10 bits per heavy atom. The lowest BCUT2D eigenvalue weighted by molar-refractivity contribution is 0.0153. The average Bonchev–Trinajstić information content (AvgIpc) is 2.93. The highest BCUT2D eigenvalue weighted by atomic mass is 16.6. The normalized spacial score (nSPS) is 14.8. The third kappa shape index (κ3) is 6.50. The Balaban J connectivity index is 1.64. The van der Waals surface area contributed by atoms with Gasteiger partial charge in [-0.3, -0.25) is 9.88 Å². The Bertz CT molecular complexity index is 1320. The molecule has 1 N–H and O–H groups in total. The molecule has 8 heteroatoms. The average molecular weight is 531 g/mol. The molecule has 8 nitrogen and oxygen atoms in total. The Morgan fingerprint density at radius 3 is 2.49 bits per heavy atom. The number of aromatic nitrogens is 1. The third-order valence-electron chi connectivity index (χ3n) is 6.94. The van der Waals surface area contributed by atoms with Gasteiger partial charge in [0.2, 0.25) is 0 Å². The van der Waals surface area contributed by atoms with Crippen molar-refractivity contribution in [2.24, 2.45) is 0 Å². The number of nitrogens with zero attached hydrogens (tertiary/aromatic N) is 3. The van der Waals surface area contributed by atoms with E-state index in [0.29, 0.717) is 30.8 Å². The third-order valence-corrected chi connectivity index (χ3v) is 6.94. The van der Waals surface area contributed by atoms with E-state index in [0.717, 1.165) is 23.4 Å². The minimum atomic E-state index is -0.614. The summed E-state index contributed by atoms with van der Waals surface area (Å²) < 4.78 is 10.7. The molecule has 1 amide bonds. The van der Waals surface area contributed by atoms with E-state index in [1.54, 1.807) is 23.4 Å². The van der Waals surface area contributed by atoms with Crippen molar-refractivity contribution in [3.8, 4) is 0 Å². The van der Waals surface area contributed by atoms with Crippen LogP contribution in [0.1, 0.15) is 60.8 Å². The summed E-state index contributed by atoms with van der Waals surface area (Å²) in [5, 5.41) is 3.34. The van der Waals surface area contributed by atoms with Gasteiger partial charge in [0.05, 0.1) is 30.6 Å². The molecule has 0 bridgehead atoms. The van der Waals surface area contributed by atoms with Gasteiger partial charge in [-0.2, -0.15) is 0 Å². The molecule has 206 valence electrons. The summed E-state index contributed by atoms with van der Waals surface area (Å²) in [5.41, 5.74) is 6.04. The zero-order valence-electron chi connectivity index (χ0n) is 23.7. The van der Waals surface area contributed by atoms with E-state index in [4.69, 9.17) is 9.47 Å². The van der Waals surface area contributed by atoms with Crippen LogP contribution in [0.15, 0.2) is 60.9 Å². The molecular weight excluding hydrogens is 492 g/mol. The molecule has 1 aromatic heterocycles. The van der Waals surface area contributed by atoms with Crippen LogP contribution in [-0.4, -0.2) is 54.8 Å². The quantitative estimate of drug-likeness (QED) is 0.367. The highest BCUT2D eigenvalue weighted by Gasteiger charge is 2.34. The number of hydrogen-bond donors (Lipinski definition) is 1. The number of carbonyl (C=O) groups excluding carboxylic acids is 2. The zero-order chi connectivity index (χ0) is 28.2. The highest BCUT2D eigenvalue weighted by molar-refractivity contribution is 5.95. The largest absolute Gasteiger partial charge is 0.465 e. The highest BCUT2D eigenvalue weighted by Crippen LogP contribution is 2.35. The number of amides is 1. The maximum Gasteiger partial charge on any atom is 0.410 e. The van der Waals surface area contributed by atoms with Crippen molar-refractivity contribution in [3.05, 3.63) is 83.2 Å². The van der Waals surface area contributed by atoms with Crippen LogP contribution < -0.4 is 10.2 Å². The number of fused-ring (bicyclic) bond motifs is 1. The molecule has 2 heterocycles. The van der Waals surface area contributed by atoms with Gasteiger partial charge in [0.25, 0.3) is 0 Å². The first-order valence-electron chi connectivity index (χ1n) is 13.3. The molecule has 4 rings (SSSR count). The minimum absolute atomic E-state index is 0.308. The fourth-order valence-electron chi connectivity index (χ4n) is 4.80. The summed E-state index contributed by atoms with van der Waals surface area (Å²) in [7, 11) is 3.41. The molecule has 0 spiro atoms. The van der Waals surface area contributed by atoms with Crippen LogP contribution in [0.25, 0.3) is 0 Å². The van der Waals surface area contributed by atoms with Crippen LogP contribution in [0.2, 0.25) is 0 Å². The Labute approximate surface area is 230 Å². The van der Waals surface area contributed by atoms with Gasteiger partial charge in [-0.15, -0.1) is 0 Å². The van der Waals surface area contributed by atoms with Gasteiger partial charge >= 0.3 is 12.1 Å². The number of carbonyl (C=O) groups is 2. The van der Waals surface area contributed by atoms with Gasteiger partial charge in [-0.1, -0.05) is 25.1 Å². The van der Waals surface area contributed by atoms with Gasteiger partial charge in [0, 0.05) is 37.7 Å². The predicted octanol–water partition coefficient (Wildman–Crippen LogP) is 6.14. The van der Waals surface area contributed by atoms with Gasteiger partial charge in [-0.05, 0) is 80.6 Å². The second-order valence-electron chi connectivity index (χ2n) is 10.7. The van der Waals surface area contributed by atoms with Crippen LogP contribution >= 0.6 is 0 Å². The van der Waals surface area contributed by atoms with Crippen molar-refractivity contribution in [3.63, 3.8) is 0 Å². The number of rotatable bonds is 7. The molecule has 0 aliphatic carbocycles. The molecule has 3 aromatic rings. The van der Waals surface area contributed by atoms with Crippen LogP contribution in [0.3, 0.4) is 0 Å². The Hall–Kier alpha value is -4.07. The van der Waals surface area contributed by atoms with E-state index < -0.39 is 11.6 Å². The van der Waals surface area contributed by atoms with Crippen molar-refractivity contribution in [1.82, 2.24) is 9.88 Å². The van der Waals surface area contributed by atoms with Crippen molar-refractivity contribution in [1.29, 1.82) is 0 Å². The molecule has 0 saturated heterocycles. The molecular formula is C31H38N4O4. The van der Waals surface area contributed by atoms with Gasteiger partial charge in [0.15, 0.2) is 0 Å². The number of benzene rings is 2. The summed E-state index contributed by atoms with van der Waals surface area (Å²) in [5.74, 6) is -0.451. The first-order valence-corrected chi connectivity index (χ1v) is 13.3. The van der Waals surface area contributed by atoms with Crippen molar-refractivity contribution in [2.75, 3.05) is 37.5 Å². The molecule has 0 saturated carbocycles. The standard InChI is InChI=1S/C31H38N4O4/c1-7-21-8-10-23(11-9-21)34(5)24-12-13-25-22(18-24)15-17-35(30(37)39-31(2,3)4)28(25)20-33-27-19-32-16-14-26(27)29(36)38-6/h8-14,16,18-19,28,33H,7,15,17,20H2,1-6H3. The van der Waals surface area contributed by atoms with Gasteiger partial charge in [-0.25, -0.2) is 9.59 Å². The van der Waals surface area contributed by atoms with Crippen LogP contribution in [0.5, 0.6) is 0 Å². The second-order valence-corrected chi connectivity index (χ2v) is 10.7. The van der Waals surface area contributed by atoms with Crippen LogP contribution in [-0.2, 0) is 22.3 Å². The van der Waals surface area contributed by atoms with E-state index in [1.165, 1.54) is 18.2 Å². The zero-order valence-corrected chi connectivity index (χ0v) is 23.7. The minimum Gasteiger partial charge on any atom is -0.465 e. The van der Waals surface area contributed by atoms with Crippen molar-refractivity contribution < 1.29 is 19.1 Å². The van der Waals surface area contributed by atoms with E-state index in [1.807, 2.05) is 20.8 Å². The summed E-state index contributed by atoms with van der Waals surface area (Å²) in [6.07, 6.45) is 4.50. The first kappa shape index (κ1) is 28.0. The smallest absolute Gasteiger partial charge is 0.410 e. The van der Waals surface area contributed by atoms with E-state index >= 15 is 0 Å². The van der Waals surface area contributed by atoms with E-state index in [9.17, 15) is 9.59 Å². The molecule has 0 fully saturated rings. The SMILES string of the molecule is CCc1ccc(N(C)c2ccc3c(c2)CCN(C(=O)OC(C)(C)C)C3CNc2cnccc2C(=O)OC)cc1. The number of esters is 1. The Morgan fingerprint density at radius 2 is 1.82 bits per heavy atom. The summed E-state index contributed by atoms with van der Waals surface area (Å²) >= 11 is 0. The number of pyridine rings is 1. The summed E-state index contributed by atoms with van der Waals surface area (Å²) in [4.78, 5) is 33.6. The van der Waals surface area contributed by atoms with E-state index in [2.05, 4.69) is 71.6 Å². The van der Waals surface area contributed by atoms with Crippen molar-refractivity contribution >= 4 is 29.1 Å². The maximum absolute atomic E-state index is 13.3. The molecule has 0 radical (unpaired) electrons. The lowest BCUT2D eigenvalue weighted by Gasteiger charge is -2.39. The van der Waals surface area contributed by atoms with Crippen LogP contribution in [0, 0.1) is 0 Å². The fourth-order valence-corrected chi connectivity index (χ4v) is 4.80. The fraction of sp³-hybridized carbons (Fsp3) is 0.387. The first-order chi connectivity index (χ1) is 18.6.